The number of carbonyl (C=O) groups is 3. The zero-order valence-electron chi connectivity index (χ0n) is 19.6. The number of nitro benzene ring substituents is 1. The van der Waals surface area contributed by atoms with Crippen molar-refractivity contribution < 1.29 is 19.3 Å². The van der Waals surface area contributed by atoms with Crippen molar-refractivity contribution in [1.29, 1.82) is 0 Å². The maximum absolute atomic E-state index is 13.9. The van der Waals surface area contributed by atoms with E-state index >= 15 is 0 Å². The lowest BCUT2D eigenvalue weighted by molar-refractivity contribution is -0.384. The normalized spacial score (nSPS) is 23.5. The SMILES string of the molecule is Cc1cc([N+](=O)[O-])ccc1N1C(=O)[C@@H]2[C@H](C1=O)[C@H](C(=O)Nc1ccccc1)N1N=Cc3ccccc3[C@H]21. The Morgan fingerprint density at radius 2 is 1.68 bits per heavy atom. The molecular formula is C27H21N5O5. The Balaban J connectivity index is 1.45. The van der Waals surface area contributed by atoms with E-state index in [1.54, 1.807) is 42.4 Å². The Kier molecular flexibility index (Phi) is 5.11. The molecule has 2 saturated heterocycles. The molecule has 3 aromatic rings. The van der Waals surface area contributed by atoms with Crippen LogP contribution in [0.1, 0.15) is 22.7 Å². The summed E-state index contributed by atoms with van der Waals surface area (Å²) in [7, 11) is 0. The van der Waals surface area contributed by atoms with Gasteiger partial charge in [-0.05, 0) is 41.8 Å². The van der Waals surface area contributed by atoms with Crippen molar-refractivity contribution in [2.45, 2.75) is 19.0 Å². The third kappa shape index (κ3) is 3.40. The van der Waals surface area contributed by atoms with Gasteiger partial charge < -0.3 is 5.32 Å². The highest BCUT2D eigenvalue weighted by Gasteiger charge is 2.65. The number of hydrogen-bond donors (Lipinski definition) is 1. The van der Waals surface area contributed by atoms with Gasteiger partial charge in [-0.15, -0.1) is 0 Å². The molecule has 4 atom stereocenters. The third-order valence-electron chi connectivity index (χ3n) is 7.24. The van der Waals surface area contributed by atoms with Crippen LogP contribution in [0.4, 0.5) is 17.1 Å². The van der Waals surface area contributed by atoms with Gasteiger partial charge in [-0.25, -0.2) is 4.90 Å². The number of carbonyl (C=O) groups excluding carboxylic acids is 3. The van der Waals surface area contributed by atoms with Crippen LogP contribution in [0.25, 0.3) is 0 Å². The fraction of sp³-hybridized carbons (Fsp3) is 0.185. The van der Waals surface area contributed by atoms with Crippen LogP contribution >= 0.6 is 0 Å². The van der Waals surface area contributed by atoms with Crippen molar-refractivity contribution in [2.24, 2.45) is 16.9 Å². The second-order valence-electron chi connectivity index (χ2n) is 9.29. The van der Waals surface area contributed by atoms with Gasteiger partial charge in [0.1, 0.15) is 6.04 Å². The summed E-state index contributed by atoms with van der Waals surface area (Å²) in [4.78, 5) is 53.2. The first-order valence-corrected chi connectivity index (χ1v) is 11.8. The minimum Gasteiger partial charge on any atom is -0.324 e. The summed E-state index contributed by atoms with van der Waals surface area (Å²) >= 11 is 0. The molecule has 10 nitrogen and oxygen atoms in total. The molecule has 10 heteroatoms. The third-order valence-corrected chi connectivity index (χ3v) is 7.24. The van der Waals surface area contributed by atoms with E-state index in [1.807, 2.05) is 30.3 Å². The van der Waals surface area contributed by atoms with Crippen LogP contribution in [-0.2, 0) is 14.4 Å². The maximum Gasteiger partial charge on any atom is 0.269 e. The van der Waals surface area contributed by atoms with Crippen LogP contribution in [0.15, 0.2) is 77.9 Å². The number of aryl methyl sites for hydroxylation is 1. The molecule has 1 N–H and O–H groups in total. The van der Waals surface area contributed by atoms with Crippen molar-refractivity contribution >= 4 is 41.0 Å². The van der Waals surface area contributed by atoms with Crippen LogP contribution in [0.2, 0.25) is 0 Å². The highest BCUT2D eigenvalue weighted by molar-refractivity contribution is 6.24. The van der Waals surface area contributed by atoms with E-state index in [2.05, 4.69) is 10.4 Å². The summed E-state index contributed by atoms with van der Waals surface area (Å²) in [5.41, 5.74) is 2.75. The van der Waals surface area contributed by atoms with Gasteiger partial charge >= 0.3 is 0 Å². The standard InChI is InChI=1S/C27H21N5O5/c1-15-13-18(32(36)37)11-12-20(15)30-26(34)21-22(27(30)35)24(25(33)29-17-8-3-2-4-9-17)31-23(21)19-10-6-5-7-16(19)14-28-31/h2-14,21-24H,1H3,(H,29,33)/t21-,22+,23-,24-/m1/s1. The first-order chi connectivity index (χ1) is 17.9. The minimum absolute atomic E-state index is 0.137. The monoisotopic (exact) mass is 495 g/mol. The summed E-state index contributed by atoms with van der Waals surface area (Å²) in [5.74, 6) is -3.26. The van der Waals surface area contributed by atoms with Gasteiger partial charge in [-0.1, -0.05) is 42.5 Å². The van der Waals surface area contributed by atoms with Gasteiger partial charge in [-0.3, -0.25) is 29.5 Å². The first kappa shape index (κ1) is 22.6. The van der Waals surface area contributed by atoms with Crippen molar-refractivity contribution in [3.63, 3.8) is 0 Å². The predicted octanol–water partition coefficient (Wildman–Crippen LogP) is 3.42. The van der Waals surface area contributed by atoms with E-state index in [-0.39, 0.29) is 11.4 Å². The van der Waals surface area contributed by atoms with Crippen LogP contribution < -0.4 is 10.2 Å². The summed E-state index contributed by atoms with van der Waals surface area (Å²) < 4.78 is 0. The van der Waals surface area contributed by atoms with E-state index in [9.17, 15) is 24.5 Å². The molecule has 2 fully saturated rings. The van der Waals surface area contributed by atoms with Crippen LogP contribution in [-0.4, -0.2) is 39.9 Å². The summed E-state index contributed by atoms with van der Waals surface area (Å²) in [6.45, 7) is 1.61. The molecule has 3 heterocycles. The number of nitrogens with zero attached hydrogens (tertiary/aromatic N) is 4. The maximum atomic E-state index is 13.9. The molecule has 3 aliphatic rings. The molecular weight excluding hydrogens is 474 g/mol. The summed E-state index contributed by atoms with van der Waals surface area (Å²) in [6, 6.07) is 18.7. The second kappa shape index (κ2) is 8.37. The molecule has 0 spiro atoms. The van der Waals surface area contributed by atoms with E-state index in [1.165, 1.54) is 18.2 Å². The number of hydrogen-bond acceptors (Lipinski definition) is 7. The minimum atomic E-state index is -1.03. The van der Waals surface area contributed by atoms with Gasteiger partial charge in [0.25, 0.3) is 5.69 Å². The number of para-hydroxylation sites is 1. The molecule has 3 amide bonds. The number of anilines is 2. The number of non-ortho nitro benzene ring substituents is 1. The van der Waals surface area contributed by atoms with Gasteiger partial charge in [0.05, 0.1) is 34.7 Å². The number of nitrogens with one attached hydrogen (secondary N) is 1. The molecule has 0 aliphatic carbocycles. The average molecular weight is 495 g/mol. The largest absolute Gasteiger partial charge is 0.324 e. The number of nitro groups is 1. The quantitative estimate of drug-likeness (QED) is 0.336. The zero-order chi connectivity index (χ0) is 25.8. The molecule has 37 heavy (non-hydrogen) atoms. The fourth-order valence-electron chi connectivity index (χ4n) is 5.65. The topological polar surface area (TPSA) is 125 Å². The molecule has 0 bridgehead atoms. The lowest BCUT2D eigenvalue weighted by Gasteiger charge is -2.33. The lowest BCUT2D eigenvalue weighted by Crippen LogP contribution is -2.46. The van der Waals surface area contributed by atoms with E-state index in [0.29, 0.717) is 11.3 Å². The Morgan fingerprint density at radius 3 is 2.41 bits per heavy atom. The molecule has 3 aromatic carbocycles. The molecule has 0 aromatic heterocycles. The van der Waals surface area contributed by atoms with Gasteiger partial charge in [-0.2, -0.15) is 5.10 Å². The Hall–Kier alpha value is -4.86. The van der Waals surface area contributed by atoms with Crippen molar-refractivity contribution in [2.75, 3.05) is 10.2 Å². The first-order valence-electron chi connectivity index (χ1n) is 11.8. The highest BCUT2D eigenvalue weighted by Crippen LogP contribution is 2.53. The van der Waals surface area contributed by atoms with E-state index < -0.39 is 46.6 Å². The second-order valence-corrected chi connectivity index (χ2v) is 9.29. The van der Waals surface area contributed by atoms with Crippen molar-refractivity contribution in [3.8, 4) is 0 Å². The molecule has 0 radical (unpaired) electrons. The van der Waals surface area contributed by atoms with E-state index in [0.717, 1.165) is 16.0 Å². The molecule has 0 unspecified atom stereocenters. The van der Waals surface area contributed by atoms with Crippen LogP contribution in [0.5, 0.6) is 0 Å². The number of fused-ring (bicyclic) bond motifs is 5. The number of amides is 3. The van der Waals surface area contributed by atoms with Gasteiger partial charge in [0, 0.05) is 17.8 Å². The Bertz CT molecular complexity index is 1500. The lowest BCUT2D eigenvalue weighted by atomic mass is 9.85. The zero-order valence-corrected chi connectivity index (χ0v) is 19.6. The van der Waals surface area contributed by atoms with Crippen LogP contribution in [0, 0.1) is 28.9 Å². The molecule has 184 valence electrons. The van der Waals surface area contributed by atoms with Crippen LogP contribution in [0.3, 0.4) is 0 Å². The number of hydrazone groups is 1. The molecule has 0 saturated carbocycles. The summed E-state index contributed by atoms with van der Waals surface area (Å²) in [5, 5.41) is 20.2. The Morgan fingerprint density at radius 1 is 0.973 bits per heavy atom. The number of imide groups is 1. The van der Waals surface area contributed by atoms with E-state index in [4.69, 9.17) is 0 Å². The number of benzene rings is 3. The predicted molar refractivity (Wildman–Crippen MR) is 135 cm³/mol. The van der Waals surface area contributed by atoms with Crippen molar-refractivity contribution in [1.82, 2.24) is 5.01 Å². The smallest absolute Gasteiger partial charge is 0.269 e. The van der Waals surface area contributed by atoms with Crippen molar-refractivity contribution in [3.05, 3.63) is 99.6 Å². The molecule has 6 rings (SSSR count). The number of rotatable bonds is 4. The Labute approximate surface area is 211 Å². The fourth-order valence-corrected chi connectivity index (χ4v) is 5.65. The van der Waals surface area contributed by atoms with Gasteiger partial charge in [0.15, 0.2) is 0 Å². The average Bonchev–Trinajstić information content (AvgIpc) is 3.37. The highest BCUT2D eigenvalue weighted by atomic mass is 16.6. The van der Waals surface area contributed by atoms with Gasteiger partial charge in [0.2, 0.25) is 17.7 Å². The molecule has 3 aliphatic heterocycles. The summed E-state index contributed by atoms with van der Waals surface area (Å²) in [6.07, 6.45) is 1.64.